The Hall–Kier alpha value is -1.55. The van der Waals surface area contributed by atoms with Gasteiger partial charge in [0.15, 0.2) is 0 Å². The minimum Gasteiger partial charge on any atom is -0.410 e. The van der Waals surface area contributed by atoms with Crippen LogP contribution in [0, 0.1) is 0 Å². The molecule has 1 rings (SSSR count). The second-order valence-corrected chi connectivity index (χ2v) is 4.87. The highest BCUT2D eigenvalue weighted by molar-refractivity contribution is 5.70. The van der Waals surface area contributed by atoms with Crippen LogP contribution in [0.25, 0.3) is 0 Å². The first-order chi connectivity index (χ1) is 8.43. The third-order valence-corrected chi connectivity index (χ3v) is 2.72. The number of rotatable bonds is 4. The van der Waals surface area contributed by atoms with E-state index in [9.17, 15) is 4.79 Å². The number of nitrogens with one attached hydrogen (secondary N) is 1. The number of amides is 1. The summed E-state index contributed by atoms with van der Waals surface area (Å²) in [6.07, 6.45) is -0.645. The summed E-state index contributed by atoms with van der Waals surface area (Å²) in [6.45, 7) is 7.95. The van der Waals surface area contributed by atoms with E-state index in [4.69, 9.17) is 9.84 Å². The van der Waals surface area contributed by atoms with Crippen molar-refractivity contribution in [1.82, 2.24) is 5.32 Å². The first-order valence-electron chi connectivity index (χ1n) is 6.15. The minimum atomic E-state index is -0.645. The molecule has 4 nitrogen and oxygen atoms in total. The molecule has 0 aromatic heterocycles. The Labute approximate surface area is 108 Å². The average molecular weight is 251 g/mol. The summed E-state index contributed by atoms with van der Waals surface area (Å²) in [7, 11) is 0. The van der Waals surface area contributed by atoms with Gasteiger partial charge >= 0.3 is 6.09 Å². The molecule has 0 saturated carbocycles. The average Bonchev–Trinajstić information content (AvgIpc) is 2.28. The van der Waals surface area contributed by atoms with Gasteiger partial charge in [0, 0.05) is 0 Å². The molecule has 0 spiro atoms. The van der Waals surface area contributed by atoms with E-state index < -0.39 is 12.8 Å². The van der Waals surface area contributed by atoms with E-state index in [1.54, 1.807) is 0 Å². The highest BCUT2D eigenvalue weighted by Crippen LogP contribution is 2.27. The minimum absolute atomic E-state index is 0.368. The molecule has 0 aliphatic rings. The topological polar surface area (TPSA) is 58.6 Å². The Morgan fingerprint density at radius 2 is 1.67 bits per heavy atom. The van der Waals surface area contributed by atoms with E-state index in [0.29, 0.717) is 17.6 Å². The zero-order chi connectivity index (χ0) is 13.7. The highest BCUT2D eigenvalue weighted by atomic mass is 16.6. The molecular formula is C14H21NO3. The van der Waals surface area contributed by atoms with Crippen molar-refractivity contribution in [3.05, 3.63) is 29.3 Å². The van der Waals surface area contributed by atoms with Crippen molar-refractivity contribution in [2.75, 3.05) is 6.73 Å². The van der Waals surface area contributed by atoms with Crippen LogP contribution < -0.4 is 10.1 Å². The second-order valence-electron chi connectivity index (χ2n) is 4.87. The number of hydrogen-bond donors (Lipinski definition) is 2. The lowest BCUT2D eigenvalue weighted by Gasteiger charge is -2.14. The van der Waals surface area contributed by atoms with Crippen LogP contribution in [-0.4, -0.2) is 17.9 Å². The predicted octanol–water partition coefficient (Wildman–Crippen LogP) is 2.97. The van der Waals surface area contributed by atoms with E-state index in [1.807, 2.05) is 12.1 Å². The molecule has 0 unspecified atom stereocenters. The largest absolute Gasteiger partial charge is 0.414 e. The monoisotopic (exact) mass is 251 g/mol. The van der Waals surface area contributed by atoms with Gasteiger partial charge in [-0.3, -0.25) is 5.32 Å². The fraction of sp³-hybridized carbons (Fsp3) is 0.500. The van der Waals surface area contributed by atoms with Crippen LogP contribution in [0.2, 0.25) is 0 Å². The molecule has 0 heterocycles. The van der Waals surface area contributed by atoms with Gasteiger partial charge in [0.2, 0.25) is 0 Å². The summed E-state index contributed by atoms with van der Waals surface area (Å²) in [4.78, 5) is 11.3. The molecule has 18 heavy (non-hydrogen) atoms. The summed E-state index contributed by atoms with van der Waals surface area (Å²) in [5, 5.41) is 10.8. The Morgan fingerprint density at radius 3 is 2.06 bits per heavy atom. The van der Waals surface area contributed by atoms with Gasteiger partial charge in [-0.05, 0) is 35.1 Å². The van der Waals surface area contributed by atoms with Gasteiger partial charge < -0.3 is 9.84 Å². The van der Waals surface area contributed by atoms with Crippen molar-refractivity contribution < 1.29 is 14.6 Å². The third-order valence-electron chi connectivity index (χ3n) is 2.72. The van der Waals surface area contributed by atoms with Gasteiger partial charge in [0.25, 0.3) is 0 Å². The smallest absolute Gasteiger partial charge is 0.410 e. The lowest BCUT2D eigenvalue weighted by molar-refractivity contribution is 0.181. The Kier molecular flexibility index (Phi) is 5.16. The zero-order valence-corrected chi connectivity index (χ0v) is 11.4. The van der Waals surface area contributed by atoms with Gasteiger partial charge in [-0.15, -0.1) is 0 Å². The number of ether oxygens (including phenoxy) is 1. The molecule has 1 aromatic rings. The number of hydrogen-bond acceptors (Lipinski definition) is 3. The number of carbonyl (C=O) groups excluding carboxylic acids is 1. The third kappa shape index (κ3) is 4.04. The molecule has 1 amide bonds. The van der Waals surface area contributed by atoms with Crippen LogP contribution in [0.1, 0.15) is 50.7 Å². The normalized spacial score (nSPS) is 10.8. The summed E-state index contributed by atoms with van der Waals surface area (Å²) in [5.74, 6) is 1.25. The van der Waals surface area contributed by atoms with Crippen molar-refractivity contribution in [2.45, 2.75) is 39.5 Å². The molecule has 2 N–H and O–H groups in total. The van der Waals surface area contributed by atoms with Gasteiger partial charge in [-0.1, -0.05) is 33.8 Å². The standard InChI is InChI=1S/C14H21NO3/c1-9(2)11-5-12(10(3)4)7-13(6-11)18-14(17)15-8-16/h5-7,9-10,16H,8H2,1-4H3,(H,15,17). The Morgan fingerprint density at radius 1 is 1.17 bits per heavy atom. The molecule has 100 valence electrons. The maximum absolute atomic E-state index is 11.3. The molecule has 0 radical (unpaired) electrons. The molecule has 0 bridgehead atoms. The van der Waals surface area contributed by atoms with E-state index in [2.05, 4.69) is 39.1 Å². The number of aliphatic hydroxyl groups excluding tert-OH is 1. The van der Waals surface area contributed by atoms with Crippen LogP contribution in [-0.2, 0) is 0 Å². The molecule has 0 aliphatic carbocycles. The number of aliphatic hydroxyl groups is 1. The number of carbonyl (C=O) groups is 1. The fourth-order valence-corrected chi connectivity index (χ4v) is 1.58. The molecule has 0 aliphatic heterocycles. The highest BCUT2D eigenvalue weighted by Gasteiger charge is 2.10. The van der Waals surface area contributed by atoms with Crippen LogP contribution in [0.4, 0.5) is 4.79 Å². The quantitative estimate of drug-likeness (QED) is 0.809. The van der Waals surface area contributed by atoms with E-state index in [1.165, 1.54) is 0 Å². The fourth-order valence-electron chi connectivity index (χ4n) is 1.58. The Balaban J connectivity index is 2.99. The second kappa shape index (κ2) is 6.40. The summed E-state index contributed by atoms with van der Waals surface area (Å²) >= 11 is 0. The van der Waals surface area contributed by atoms with E-state index in [-0.39, 0.29) is 0 Å². The molecule has 4 heteroatoms. The van der Waals surface area contributed by atoms with Crippen LogP contribution in [0.3, 0.4) is 0 Å². The number of benzene rings is 1. The molecule has 0 fully saturated rings. The van der Waals surface area contributed by atoms with Crippen molar-refractivity contribution in [2.24, 2.45) is 0 Å². The predicted molar refractivity (Wildman–Crippen MR) is 70.9 cm³/mol. The van der Waals surface area contributed by atoms with Crippen molar-refractivity contribution in [3.8, 4) is 5.75 Å². The lowest BCUT2D eigenvalue weighted by Crippen LogP contribution is -2.27. The summed E-state index contributed by atoms with van der Waals surface area (Å²) < 4.78 is 5.13. The van der Waals surface area contributed by atoms with Crippen molar-refractivity contribution >= 4 is 6.09 Å². The van der Waals surface area contributed by atoms with Gasteiger partial charge in [0.05, 0.1) is 0 Å². The molecule has 0 saturated heterocycles. The van der Waals surface area contributed by atoms with Crippen LogP contribution in [0.15, 0.2) is 18.2 Å². The lowest BCUT2D eigenvalue weighted by atomic mass is 9.95. The van der Waals surface area contributed by atoms with Crippen LogP contribution in [0.5, 0.6) is 5.75 Å². The van der Waals surface area contributed by atoms with Crippen LogP contribution >= 0.6 is 0 Å². The van der Waals surface area contributed by atoms with Gasteiger partial charge in [0.1, 0.15) is 12.5 Å². The van der Waals surface area contributed by atoms with Crippen molar-refractivity contribution in [3.63, 3.8) is 0 Å². The summed E-state index contributed by atoms with van der Waals surface area (Å²) in [6, 6.07) is 5.84. The molecule has 0 atom stereocenters. The maximum Gasteiger partial charge on any atom is 0.414 e. The van der Waals surface area contributed by atoms with E-state index >= 15 is 0 Å². The van der Waals surface area contributed by atoms with Crippen molar-refractivity contribution in [1.29, 1.82) is 0 Å². The molecular weight excluding hydrogens is 230 g/mol. The first kappa shape index (κ1) is 14.5. The Bertz CT molecular complexity index is 387. The van der Waals surface area contributed by atoms with E-state index in [0.717, 1.165) is 11.1 Å². The van der Waals surface area contributed by atoms with Gasteiger partial charge in [-0.25, -0.2) is 4.79 Å². The molecule has 1 aromatic carbocycles. The zero-order valence-electron chi connectivity index (χ0n) is 11.4. The maximum atomic E-state index is 11.3. The SMILES string of the molecule is CC(C)c1cc(OC(=O)NCO)cc(C(C)C)c1. The first-order valence-corrected chi connectivity index (χ1v) is 6.15. The summed E-state index contributed by atoms with van der Waals surface area (Å²) in [5.41, 5.74) is 2.26. The van der Waals surface area contributed by atoms with Gasteiger partial charge in [-0.2, -0.15) is 0 Å².